The number of hydrogen-bond acceptors (Lipinski definition) is 6. The fourth-order valence-corrected chi connectivity index (χ4v) is 3.19. The average Bonchev–Trinajstić information content (AvgIpc) is 2.60. The first-order chi connectivity index (χ1) is 12.1. The molecule has 8 nitrogen and oxygen atoms in total. The van der Waals surface area contributed by atoms with Gasteiger partial charge in [0.05, 0.1) is 13.2 Å². The van der Waals surface area contributed by atoms with E-state index in [-0.39, 0.29) is 15.4 Å². The van der Waals surface area contributed by atoms with Crippen LogP contribution in [0.25, 0.3) is 0 Å². The van der Waals surface area contributed by atoms with Crippen LogP contribution in [-0.4, -0.2) is 131 Å². The van der Waals surface area contributed by atoms with Crippen molar-refractivity contribution >= 4 is 0 Å². The number of quaternary nitrogens is 2. The Labute approximate surface area is 158 Å². The summed E-state index contributed by atoms with van der Waals surface area (Å²) in [6.07, 6.45) is 0.946. The maximum Gasteiger partial charge on any atom is 0.161 e. The minimum atomic E-state index is -0.449. The van der Waals surface area contributed by atoms with E-state index < -0.39 is 6.10 Å². The number of likely N-dealkylation sites (N-methyl/N-ethyl adjacent to an activating group) is 2. The lowest BCUT2D eigenvalue weighted by atomic mass is 10.2. The molecule has 2 atom stereocenters. The standard InChI is InChI=1S/C9H22N2O3.C9H20N2O/c1-3-9(12)8-11(14)6-4-10(2,13)5-7-11;1-3-9(12)8-11-6-4-10(2)5-7-11/h9,12-14H,3-8H2,1-2H3;9,12H,3-8H2,1-2H3/q+2;. The third-order valence-corrected chi connectivity index (χ3v) is 5.55. The Balaban J connectivity index is 0.000000263. The average molecular weight is 379 g/mol. The number of aliphatic hydroxyl groups is 2. The molecule has 26 heavy (non-hydrogen) atoms. The molecule has 0 aromatic rings. The van der Waals surface area contributed by atoms with Gasteiger partial charge in [-0.05, 0) is 19.9 Å². The van der Waals surface area contributed by atoms with Crippen LogP contribution in [0.2, 0.25) is 0 Å². The van der Waals surface area contributed by atoms with Gasteiger partial charge >= 0.3 is 0 Å². The second-order valence-electron chi connectivity index (χ2n) is 8.24. The van der Waals surface area contributed by atoms with Crippen LogP contribution in [0.5, 0.6) is 0 Å². The fraction of sp³-hybridized carbons (Fsp3) is 1.00. The molecule has 2 unspecified atom stereocenters. The molecular weight excluding hydrogens is 336 g/mol. The van der Waals surface area contributed by atoms with Crippen molar-refractivity contribution in [2.45, 2.75) is 38.9 Å². The number of aliphatic hydroxyl groups excluding tert-OH is 2. The van der Waals surface area contributed by atoms with Gasteiger partial charge in [0.1, 0.15) is 12.6 Å². The summed E-state index contributed by atoms with van der Waals surface area (Å²) in [6.45, 7) is 11.7. The van der Waals surface area contributed by atoms with Crippen molar-refractivity contribution in [3.63, 3.8) is 0 Å². The van der Waals surface area contributed by atoms with Crippen molar-refractivity contribution in [2.24, 2.45) is 0 Å². The summed E-state index contributed by atoms with van der Waals surface area (Å²) in [5, 5.41) is 38.6. The van der Waals surface area contributed by atoms with Crippen LogP contribution < -0.4 is 0 Å². The second kappa shape index (κ2) is 10.9. The van der Waals surface area contributed by atoms with Crippen molar-refractivity contribution in [3.8, 4) is 0 Å². The van der Waals surface area contributed by atoms with E-state index in [1.54, 1.807) is 7.05 Å². The van der Waals surface area contributed by atoms with E-state index >= 15 is 0 Å². The van der Waals surface area contributed by atoms with Crippen molar-refractivity contribution in [1.29, 1.82) is 0 Å². The number of nitrogens with zero attached hydrogens (tertiary/aromatic N) is 4. The predicted molar refractivity (Wildman–Crippen MR) is 101 cm³/mol. The third kappa shape index (κ3) is 9.05. The molecule has 0 bridgehead atoms. The molecule has 0 spiro atoms. The number of β-amino-alcohol motifs (C(OH)–C–C–N with tert-alkyl or cyclic N) is 1. The summed E-state index contributed by atoms with van der Waals surface area (Å²) in [4.78, 5) is 4.67. The monoisotopic (exact) mass is 378 g/mol. The maximum absolute atomic E-state index is 10.1. The van der Waals surface area contributed by atoms with Gasteiger partial charge in [0, 0.05) is 32.7 Å². The van der Waals surface area contributed by atoms with Crippen LogP contribution in [-0.2, 0) is 0 Å². The van der Waals surface area contributed by atoms with E-state index in [2.05, 4.69) is 16.8 Å². The van der Waals surface area contributed by atoms with Crippen molar-refractivity contribution in [1.82, 2.24) is 9.80 Å². The molecule has 4 N–H and O–H groups in total. The summed E-state index contributed by atoms with van der Waals surface area (Å²) in [6, 6.07) is 0. The van der Waals surface area contributed by atoms with Gasteiger partial charge in [0.2, 0.25) is 0 Å². The Morgan fingerprint density at radius 3 is 1.81 bits per heavy atom. The largest absolute Gasteiger partial charge is 0.392 e. The fourth-order valence-electron chi connectivity index (χ4n) is 3.19. The molecule has 0 aromatic heterocycles. The Hall–Kier alpha value is -0.320. The molecule has 2 aliphatic heterocycles. The quantitative estimate of drug-likeness (QED) is 0.480. The third-order valence-electron chi connectivity index (χ3n) is 5.55. The zero-order chi connectivity index (χ0) is 19.8. The molecule has 8 heteroatoms. The van der Waals surface area contributed by atoms with Gasteiger partial charge in [-0.2, -0.15) is 9.29 Å². The first-order valence-corrected chi connectivity index (χ1v) is 10.0. The van der Waals surface area contributed by atoms with E-state index in [0.717, 1.165) is 39.1 Å². The molecule has 2 rings (SSSR count). The van der Waals surface area contributed by atoms with Crippen LogP contribution in [0.1, 0.15) is 26.7 Å². The van der Waals surface area contributed by atoms with Gasteiger partial charge in [-0.3, -0.25) is 4.90 Å². The van der Waals surface area contributed by atoms with E-state index in [1.165, 1.54) is 0 Å². The number of hydroxylamine groups is 6. The van der Waals surface area contributed by atoms with Crippen molar-refractivity contribution < 1.29 is 29.9 Å². The van der Waals surface area contributed by atoms with Crippen molar-refractivity contribution in [3.05, 3.63) is 0 Å². The minimum Gasteiger partial charge on any atom is -0.392 e. The first kappa shape index (κ1) is 23.7. The molecule has 2 saturated heterocycles. The molecule has 0 amide bonds. The molecule has 0 radical (unpaired) electrons. The summed E-state index contributed by atoms with van der Waals surface area (Å²) in [5.41, 5.74) is 0. The number of rotatable bonds is 6. The van der Waals surface area contributed by atoms with Gasteiger partial charge in [0.15, 0.2) is 26.2 Å². The summed E-state index contributed by atoms with van der Waals surface area (Å²) in [5.74, 6) is 0. The van der Waals surface area contributed by atoms with E-state index in [1.807, 2.05) is 13.8 Å². The molecule has 0 aromatic carbocycles. The Morgan fingerprint density at radius 1 is 0.846 bits per heavy atom. The lowest BCUT2D eigenvalue weighted by Crippen LogP contribution is -2.64. The van der Waals surface area contributed by atoms with Crippen molar-refractivity contribution in [2.75, 3.05) is 79.5 Å². The Morgan fingerprint density at radius 2 is 1.35 bits per heavy atom. The Kier molecular flexibility index (Phi) is 9.92. The first-order valence-electron chi connectivity index (χ1n) is 10.0. The lowest BCUT2D eigenvalue weighted by molar-refractivity contribution is -1.18. The minimum absolute atomic E-state index is 0.0250. The highest BCUT2D eigenvalue weighted by molar-refractivity contribution is 4.71. The van der Waals surface area contributed by atoms with E-state index in [4.69, 9.17) is 0 Å². The van der Waals surface area contributed by atoms with Crippen LogP contribution in [0.4, 0.5) is 0 Å². The van der Waals surface area contributed by atoms with Gasteiger partial charge in [-0.25, -0.2) is 10.4 Å². The van der Waals surface area contributed by atoms with Crippen LogP contribution in [0, 0.1) is 0 Å². The number of hydrogen-bond donors (Lipinski definition) is 4. The van der Waals surface area contributed by atoms with Gasteiger partial charge in [-0.15, -0.1) is 0 Å². The lowest BCUT2D eigenvalue weighted by Gasteiger charge is -2.39. The van der Waals surface area contributed by atoms with Crippen LogP contribution >= 0.6 is 0 Å². The molecule has 156 valence electrons. The molecular formula is C18H42N4O4+2. The normalized spacial score (nSPS) is 33.2. The van der Waals surface area contributed by atoms with Gasteiger partial charge < -0.3 is 15.1 Å². The summed E-state index contributed by atoms with van der Waals surface area (Å²) >= 11 is 0. The van der Waals surface area contributed by atoms with Gasteiger partial charge in [-0.1, -0.05) is 13.8 Å². The van der Waals surface area contributed by atoms with Crippen LogP contribution in [0.15, 0.2) is 0 Å². The van der Waals surface area contributed by atoms with Gasteiger partial charge in [0.25, 0.3) is 0 Å². The second-order valence-corrected chi connectivity index (χ2v) is 8.24. The highest BCUT2D eigenvalue weighted by Gasteiger charge is 2.40. The SMILES string of the molecule is CCC(O)CN1CCN(C)CC1.CCC(O)C[N+]1(O)CC[N+](C)(O)CC1. The summed E-state index contributed by atoms with van der Waals surface area (Å²) < 4.78 is -0.133. The zero-order valence-corrected chi connectivity index (χ0v) is 17.2. The topological polar surface area (TPSA) is 87.4 Å². The molecule has 2 fully saturated rings. The van der Waals surface area contributed by atoms with E-state index in [0.29, 0.717) is 39.1 Å². The Bertz CT molecular complexity index is 379. The zero-order valence-electron chi connectivity index (χ0n) is 17.2. The highest BCUT2D eigenvalue weighted by Crippen LogP contribution is 2.14. The highest BCUT2D eigenvalue weighted by atomic mass is 16.6. The number of piperazine rings is 2. The van der Waals surface area contributed by atoms with E-state index in [9.17, 15) is 20.6 Å². The summed E-state index contributed by atoms with van der Waals surface area (Å²) in [7, 11) is 3.88. The maximum atomic E-state index is 10.1. The smallest absolute Gasteiger partial charge is 0.161 e. The van der Waals surface area contributed by atoms with Crippen LogP contribution in [0.3, 0.4) is 0 Å². The molecule has 2 heterocycles. The molecule has 0 aliphatic carbocycles. The predicted octanol–water partition coefficient (Wildman–Crippen LogP) is -0.183. The molecule has 0 saturated carbocycles. The molecule has 2 aliphatic rings.